The van der Waals surface area contributed by atoms with Crippen molar-refractivity contribution in [3.63, 3.8) is 0 Å². The molecule has 55 heavy (non-hydrogen) atoms. The minimum atomic E-state index is -0.655. The summed E-state index contributed by atoms with van der Waals surface area (Å²) in [6.45, 7) is 12.1. The Hall–Kier alpha value is -4.79. The van der Waals surface area contributed by atoms with Gasteiger partial charge < -0.3 is 28.4 Å². The lowest BCUT2D eigenvalue weighted by atomic mass is 9.97. The zero-order chi connectivity index (χ0) is 39.6. The van der Waals surface area contributed by atoms with Crippen LogP contribution in [0.3, 0.4) is 0 Å². The van der Waals surface area contributed by atoms with Crippen molar-refractivity contribution in [2.45, 2.75) is 90.0 Å². The largest absolute Gasteiger partial charge is 0.444 e. The maximum atomic E-state index is 13.8. The highest BCUT2D eigenvalue weighted by molar-refractivity contribution is 7.98. The summed E-state index contributed by atoms with van der Waals surface area (Å²) in [6.07, 6.45) is 4.52. The van der Waals surface area contributed by atoms with E-state index >= 15 is 0 Å². The second-order valence-electron chi connectivity index (χ2n) is 16.9. The summed E-state index contributed by atoms with van der Waals surface area (Å²) in [5.41, 5.74) is 2.41. The highest BCUT2D eigenvalue weighted by Crippen LogP contribution is 2.43. The molecule has 0 saturated carbocycles. The summed E-state index contributed by atoms with van der Waals surface area (Å²) in [7, 11) is 3.85. The standard InChI is InChI=1S/C40H52N8O6S/c1-38(2,3)53-36(51)45-18-10-12-29(45)34-41-27-15-13-25(20-30(27)43(34)7)46-22-33(50)47(23-32(46)49)26-14-16-28-31(21-26)44(8)35(42-28)40(24-55-9)17-11-19-48(40)37(52)54-39(4,5)6/h13-16,20-21,29H,10-12,17-19,22-24H2,1-9H3. The minimum Gasteiger partial charge on any atom is -0.444 e. The molecule has 15 heteroatoms. The smallest absolute Gasteiger partial charge is 0.411 e. The van der Waals surface area contributed by atoms with E-state index in [1.165, 1.54) is 9.80 Å². The number of fused-ring (bicyclic) bond motifs is 2. The van der Waals surface area contributed by atoms with Crippen molar-refractivity contribution in [2.75, 3.05) is 48.0 Å². The summed E-state index contributed by atoms with van der Waals surface area (Å²) < 4.78 is 15.5. The van der Waals surface area contributed by atoms with E-state index in [1.54, 1.807) is 16.7 Å². The molecule has 3 fully saturated rings. The van der Waals surface area contributed by atoms with Crippen LogP contribution < -0.4 is 9.80 Å². The average Bonchev–Trinajstić information content (AvgIpc) is 3.89. The number of imidazole rings is 2. The monoisotopic (exact) mass is 772 g/mol. The number of carbonyl (C=O) groups is 4. The molecular formula is C40H52N8O6S. The summed E-state index contributed by atoms with van der Waals surface area (Å²) in [6, 6.07) is 10.9. The zero-order valence-electron chi connectivity index (χ0n) is 33.3. The SMILES string of the molecule is CSCC1(c2nc3ccc(N4CC(=O)N(c5ccc6nc(C7CCCN7C(=O)OC(C)(C)C)n(C)c6c5)CC4=O)cc3n2C)CCCN1C(=O)OC(C)(C)C. The van der Waals surface area contributed by atoms with Crippen molar-refractivity contribution >= 4 is 69.2 Å². The molecule has 4 aromatic rings. The van der Waals surface area contributed by atoms with Gasteiger partial charge in [0.25, 0.3) is 0 Å². The van der Waals surface area contributed by atoms with Gasteiger partial charge in [-0.2, -0.15) is 11.8 Å². The second-order valence-corrected chi connectivity index (χ2v) is 17.7. The zero-order valence-corrected chi connectivity index (χ0v) is 34.2. The number of aromatic nitrogens is 4. The first-order valence-corrected chi connectivity index (χ1v) is 20.3. The number of hydrogen-bond donors (Lipinski definition) is 0. The molecule has 14 nitrogen and oxygen atoms in total. The third kappa shape index (κ3) is 7.11. The van der Waals surface area contributed by atoms with E-state index in [-0.39, 0.29) is 43.1 Å². The Bertz CT molecular complexity index is 2180. The molecule has 5 heterocycles. The maximum absolute atomic E-state index is 13.8. The Morgan fingerprint density at radius 3 is 1.95 bits per heavy atom. The van der Waals surface area contributed by atoms with Gasteiger partial charge in [0.15, 0.2) is 0 Å². The van der Waals surface area contributed by atoms with Crippen LogP contribution in [0.2, 0.25) is 0 Å². The van der Waals surface area contributed by atoms with E-state index < -0.39 is 16.7 Å². The molecule has 0 N–H and O–H groups in total. The van der Waals surface area contributed by atoms with E-state index in [9.17, 15) is 19.2 Å². The third-order valence-electron chi connectivity index (χ3n) is 10.7. The summed E-state index contributed by atoms with van der Waals surface area (Å²) in [5.74, 6) is 1.75. The van der Waals surface area contributed by atoms with Crippen LogP contribution in [0.15, 0.2) is 36.4 Å². The van der Waals surface area contributed by atoms with Gasteiger partial charge in [-0.15, -0.1) is 0 Å². The van der Waals surface area contributed by atoms with Crippen LogP contribution in [0.1, 0.15) is 84.9 Å². The number of hydrogen-bond acceptors (Lipinski definition) is 9. The number of amides is 4. The Morgan fingerprint density at radius 2 is 1.36 bits per heavy atom. The lowest BCUT2D eigenvalue weighted by Crippen LogP contribution is -2.54. The van der Waals surface area contributed by atoms with Gasteiger partial charge in [-0.1, -0.05) is 0 Å². The normalized spacial score (nSPS) is 21.1. The quantitative estimate of drug-likeness (QED) is 0.215. The van der Waals surface area contributed by atoms with Crippen molar-refractivity contribution in [3.8, 4) is 0 Å². The van der Waals surface area contributed by atoms with Gasteiger partial charge >= 0.3 is 12.2 Å². The summed E-state index contributed by atoms with van der Waals surface area (Å²) >= 11 is 1.66. The molecule has 7 rings (SSSR count). The number of thioether (sulfide) groups is 1. The number of likely N-dealkylation sites (tertiary alicyclic amines) is 2. The Labute approximate surface area is 326 Å². The first kappa shape index (κ1) is 38.5. The summed E-state index contributed by atoms with van der Waals surface area (Å²) in [5, 5.41) is 0. The van der Waals surface area contributed by atoms with E-state index in [0.29, 0.717) is 30.2 Å². The van der Waals surface area contributed by atoms with E-state index in [0.717, 1.165) is 59.4 Å². The van der Waals surface area contributed by atoms with Crippen LogP contribution in [0.5, 0.6) is 0 Å². The fraction of sp³-hybridized carbons (Fsp3) is 0.550. The van der Waals surface area contributed by atoms with E-state index in [4.69, 9.17) is 19.4 Å². The number of benzene rings is 2. The van der Waals surface area contributed by atoms with Crippen LogP contribution in [0.25, 0.3) is 22.1 Å². The maximum Gasteiger partial charge on any atom is 0.411 e. The molecule has 3 aliphatic heterocycles. The molecule has 4 amide bonds. The predicted molar refractivity (Wildman–Crippen MR) is 213 cm³/mol. The highest BCUT2D eigenvalue weighted by atomic mass is 32.2. The number of piperazine rings is 1. The van der Waals surface area contributed by atoms with Gasteiger partial charge in [0.2, 0.25) is 11.8 Å². The van der Waals surface area contributed by atoms with Crippen molar-refractivity contribution < 1.29 is 28.7 Å². The van der Waals surface area contributed by atoms with Crippen LogP contribution in [0, 0.1) is 0 Å². The van der Waals surface area contributed by atoms with Gasteiger partial charge in [0.05, 0.1) is 28.1 Å². The molecular weight excluding hydrogens is 721 g/mol. The van der Waals surface area contributed by atoms with Gasteiger partial charge in [-0.25, -0.2) is 19.6 Å². The number of carbonyl (C=O) groups excluding carboxylic acids is 4. The number of ether oxygens (including phenoxy) is 2. The molecule has 3 saturated heterocycles. The van der Waals surface area contributed by atoms with Crippen LogP contribution >= 0.6 is 11.8 Å². The van der Waals surface area contributed by atoms with Gasteiger partial charge in [0.1, 0.15) is 41.5 Å². The molecule has 0 aliphatic carbocycles. The van der Waals surface area contributed by atoms with Crippen molar-refractivity contribution in [1.82, 2.24) is 28.9 Å². The van der Waals surface area contributed by atoms with E-state index in [1.807, 2.05) is 112 Å². The fourth-order valence-corrected chi connectivity index (χ4v) is 9.14. The number of rotatable bonds is 6. The summed E-state index contributed by atoms with van der Waals surface area (Å²) in [4.78, 5) is 70.7. The topological polar surface area (TPSA) is 135 Å². The Kier molecular flexibility index (Phi) is 9.83. The fourth-order valence-electron chi connectivity index (χ4n) is 8.24. The van der Waals surface area contributed by atoms with Crippen molar-refractivity contribution in [1.29, 1.82) is 0 Å². The lowest BCUT2D eigenvalue weighted by Gasteiger charge is -2.38. The van der Waals surface area contributed by atoms with Gasteiger partial charge in [-0.3, -0.25) is 19.4 Å². The molecule has 2 aromatic heterocycles. The first-order chi connectivity index (χ1) is 25.9. The molecule has 0 spiro atoms. The van der Waals surface area contributed by atoms with Gasteiger partial charge in [0, 0.05) is 44.3 Å². The lowest BCUT2D eigenvalue weighted by molar-refractivity contribution is -0.125. The molecule has 0 bridgehead atoms. The van der Waals surface area contributed by atoms with Crippen molar-refractivity contribution in [2.24, 2.45) is 14.1 Å². The number of aryl methyl sites for hydroxylation is 2. The Balaban J connectivity index is 1.12. The minimum absolute atomic E-state index is 0.125. The first-order valence-electron chi connectivity index (χ1n) is 18.9. The molecule has 2 unspecified atom stereocenters. The van der Waals surface area contributed by atoms with Gasteiger partial charge in [-0.05, 0) is 110 Å². The molecule has 0 radical (unpaired) electrons. The Morgan fingerprint density at radius 1 is 0.800 bits per heavy atom. The molecule has 2 atom stereocenters. The van der Waals surface area contributed by atoms with Crippen LogP contribution in [-0.2, 0) is 38.7 Å². The number of nitrogens with zero attached hydrogens (tertiary/aromatic N) is 8. The average molecular weight is 773 g/mol. The molecule has 2 aromatic carbocycles. The number of anilines is 2. The molecule has 3 aliphatic rings. The van der Waals surface area contributed by atoms with E-state index in [2.05, 4.69) is 0 Å². The predicted octanol–water partition coefficient (Wildman–Crippen LogP) is 6.50. The van der Waals surface area contributed by atoms with Crippen LogP contribution in [-0.4, -0.2) is 102 Å². The molecule has 294 valence electrons. The highest BCUT2D eigenvalue weighted by Gasteiger charge is 2.49. The third-order valence-corrected chi connectivity index (χ3v) is 11.4. The van der Waals surface area contributed by atoms with Crippen LogP contribution in [0.4, 0.5) is 21.0 Å². The second kappa shape index (κ2) is 14.1. The van der Waals surface area contributed by atoms with Crippen molar-refractivity contribution in [3.05, 3.63) is 48.0 Å².